The van der Waals surface area contributed by atoms with E-state index in [4.69, 9.17) is 10.3 Å². The normalized spacial score (nSPS) is 22.8. The molecule has 0 aliphatic carbocycles. The number of rotatable bonds is 4. The van der Waals surface area contributed by atoms with Gasteiger partial charge in [-0.2, -0.15) is 4.98 Å². The Morgan fingerprint density at radius 1 is 1.44 bits per heavy atom. The van der Waals surface area contributed by atoms with Crippen LogP contribution in [0.15, 0.2) is 4.52 Å². The van der Waals surface area contributed by atoms with Crippen molar-refractivity contribution >= 4 is 0 Å². The van der Waals surface area contributed by atoms with E-state index in [1.807, 2.05) is 0 Å². The van der Waals surface area contributed by atoms with Crippen LogP contribution in [-0.2, 0) is 6.54 Å². The predicted octanol–water partition coefficient (Wildman–Crippen LogP) is 0.268. The third-order valence-electron chi connectivity index (χ3n) is 3.40. The molecule has 0 radical (unpaired) electrons. The lowest BCUT2D eigenvalue weighted by atomic mass is 10.1. The van der Waals surface area contributed by atoms with Gasteiger partial charge in [-0.3, -0.25) is 4.90 Å². The van der Waals surface area contributed by atoms with Crippen LogP contribution < -0.4 is 5.73 Å². The summed E-state index contributed by atoms with van der Waals surface area (Å²) in [5.74, 6) is 1.76. The maximum atomic E-state index is 5.83. The van der Waals surface area contributed by atoms with Gasteiger partial charge in [-0.25, -0.2) is 0 Å². The van der Waals surface area contributed by atoms with Crippen LogP contribution in [0, 0.1) is 0 Å². The van der Waals surface area contributed by atoms with E-state index in [2.05, 4.69) is 40.8 Å². The Bertz CT molecular complexity index is 378. The van der Waals surface area contributed by atoms with Crippen LogP contribution in [0.3, 0.4) is 0 Å². The van der Waals surface area contributed by atoms with Gasteiger partial charge in [0.05, 0.1) is 6.54 Å². The van der Waals surface area contributed by atoms with Gasteiger partial charge in [0.2, 0.25) is 5.89 Å². The van der Waals surface area contributed by atoms with Gasteiger partial charge in [0.25, 0.3) is 0 Å². The SMILES string of the molecule is CC(C)c1nc(CN2CCN(C)CC2CN)no1. The minimum absolute atomic E-state index is 0.282. The van der Waals surface area contributed by atoms with E-state index in [9.17, 15) is 0 Å². The molecule has 1 atom stereocenters. The van der Waals surface area contributed by atoms with Crippen molar-refractivity contribution in [2.75, 3.05) is 33.2 Å². The summed E-state index contributed by atoms with van der Waals surface area (Å²) >= 11 is 0. The Labute approximate surface area is 108 Å². The first-order valence-corrected chi connectivity index (χ1v) is 6.55. The molecule has 0 bridgehead atoms. The van der Waals surface area contributed by atoms with E-state index in [0.29, 0.717) is 18.5 Å². The molecular formula is C12H23N5O. The number of likely N-dealkylation sites (N-methyl/N-ethyl adjacent to an activating group) is 1. The van der Waals surface area contributed by atoms with E-state index in [1.54, 1.807) is 0 Å². The van der Waals surface area contributed by atoms with Crippen LogP contribution in [-0.4, -0.2) is 59.2 Å². The van der Waals surface area contributed by atoms with Crippen molar-refractivity contribution in [1.82, 2.24) is 19.9 Å². The standard InChI is InChI=1S/C12H23N5O/c1-9(2)12-14-11(15-18-12)8-17-5-4-16(3)7-10(17)6-13/h9-10H,4-8,13H2,1-3H3. The molecule has 2 heterocycles. The monoisotopic (exact) mass is 253 g/mol. The minimum Gasteiger partial charge on any atom is -0.339 e. The molecule has 0 spiro atoms. The molecule has 1 unspecified atom stereocenters. The number of hydrogen-bond donors (Lipinski definition) is 1. The molecular weight excluding hydrogens is 230 g/mol. The maximum absolute atomic E-state index is 5.83. The fourth-order valence-electron chi connectivity index (χ4n) is 2.23. The smallest absolute Gasteiger partial charge is 0.229 e. The number of nitrogens with two attached hydrogens (primary N) is 1. The molecule has 0 aromatic carbocycles. The van der Waals surface area contributed by atoms with Crippen molar-refractivity contribution in [2.45, 2.75) is 32.4 Å². The molecule has 2 N–H and O–H groups in total. The molecule has 1 fully saturated rings. The summed E-state index contributed by atoms with van der Waals surface area (Å²) in [5.41, 5.74) is 5.83. The zero-order chi connectivity index (χ0) is 13.1. The molecule has 0 saturated carbocycles. The third-order valence-corrected chi connectivity index (χ3v) is 3.40. The molecule has 1 aliphatic heterocycles. The van der Waals surface area contributed by atoms with Gasteiger partial charge in [-0.1, -0.05) is 19.0 Å². The van der Waals surface area contributed by atoms with Gasteiger partial charge < -0.3 is 15.2 Å². The number of aromatic nitrogens is 2. The van der Waals surface area contributed by atoms with Crippen LogP contribution in [0.2, 0.25) is 0 Å². The summed E-state index contributed by atoms with van der Waals surface area (Å²) in [6.07, 6.45) is 0. The molecule has 1 aliphatic rings. The lowest BCUT2D eigenvalue weighted by Gasteiger charge is -2.38. The lowest BCUT2D eigenvalue weighted by Crippen LogP contribution is -2.54. The van der Waals surface area contributed by atoms with Gasteiger partial charge in [-0.05, 0) is 7.05 Å². The summed E-state index contributed by atoms with van der Waals surface area (Å²) in [5, 5.41) is 4.04. The lowest BCUT2D eigenvalue weighted by molar-refractivity contribution is 0.0851. The van der Waals surface area contributed by atoms with E-state index >= 15 is 0 Å². The Morgan fingerprint density at radius 2 is 2.22 bits per heavy atom. The molecule has 1 aromatic heterocycles. The van der Waals surface area contributed by atoms with Gasteiger partial charge in [-0.15, -0.1) is 0 Å². The minimum atomic E-state index is 0.282. The van der Waals surface area contributed by atoms with E-state index in [1.165, 1.54) is 0 Å². The van der Waals surface area contributed by atoms with E-state index in [0.717, 1.165) is 32.0 Å². The number of hydrogen-bond acceptors (Lipinski definition) is 6. The first kappa shape index (κ1) is 13.5. The second-order valence-corrected chi connectivity index (χ2v) is 5.33. The predicted molar refractivity (Wildman–Crippen MR) is 69.1 cm³/mol. The summed E-state index contributed by atoms with van der Waals surface area (Å²) in [4.78, 5) is 9.07. The quantitative estimate of drug-likeness (QED) is 0.830. The number of nitrogens with zero attached hydrogens (tertiary/aromatic N) is 4. The summed E-state index contributed by atoms with van der Waals surface area (Å²) < 4.78 is 5.23. The summed E-state index contributed by atoms with van der Waals surface area (Å²) in [6.45, 7) is 8.57. The maximum Gasteiger partial charge on any atom is 0.229 e. The van der Waals surface area contributed by atoms with Gasteiger partial charge >= 0.3 is 0 Å². The van der Waals surface area contributed by atoms with Gasteiger partial charge in [0.1, 0.15) is 0 Å². The van der Waals surface area contributed by atoms with Crippen molar-refractivity contribution in [3.05, 3.63) is 11.7 Å². The van der Waals surface area contributed by atoms with Crippen LogP contribution in [0.25, 0.3) is 0 Å². The molecule has 102 valence electrons. The second kappa shape index (κ2) is 5.77. The summed E-state index contributed by atoms with van der Waals surface area (Å²) in [6, 6.07) is 0.379. The Hall–Kier alpha value is -0.980. The molecule has 6 nitrogen and oxygen atoms in total. The highest BCUT2D eigenvalue weighted by molar-refractivity contribution is 4.93. The second-order valence-electron chi connectivity index (χ2n) is 5.33. The average molecular weight is 253 g/mol. The van der Waals surface area contributed by atoms with Crippen LogP contribution >= 0.6 is 0 Å². The molecule has 18 heavy (non-hydrogen) atoms. The topological polar surface area (TPSA) is 71.4 Å². The molecule has 0 amide bonds. The van der Waals surface area contributed by atoms with Crippen molar-refractivity contribution < 1.29 is 4.52 Å². The first-order valence-electron chi connectivity index (χ1n) is 6.55. The number of piperazine rings is 1. The molecule has 6 heteroatoms. The van der Waals surface area contributed by atoms with Crippen molar-refractivity contribution in [3.8, 4) is 0 Å². The van der Waals surface area contributed by atoms with E-state index in [-0.39, 0.29) is 5.92 Å². The Kier molecular flexibility index (Phi) is 4.31. The average Bonchev–Trinajstić information content (AvgIpc) is 2.80. The van der Waals surface area contributed by atoms with Crippen LogP contribution in [0.1, 0.15) is 31.5 Å². The van der Waals surface area contributed by atoms with Crippen LogP contribution in [0.4, 0.5) is 0 Å². The zero-order valence-corrected chi connectivity index (χ0v) is 11.5. The highest BCUT2D eigenvalue weighted by atomic mass is 16.5. The molecule has 2 rings (SSSR count). The van der Waals surface area contributed by atoms with Crippen molar-refractivity contribution in [1.29, 1.82) is 0 Å². The first-order chi connectivity index (χ1) is 8.60. The van der Waals surface area contributed by atoms with Crippen molar-refractivity contribution in [3.63, 3.8) is 0 Å². The van der Waals surface area contributed by atoms with Crippen LogP contribution in [0.5, 0.6) is 0 Å². The van der Waals surface area contributed by atoms with Gasteiger partial charge in [0, 0.05) is 38.1 Å². The summed E-state index contributed by atoms with van der Waals surface area (Å²) in [7, 11) is 2.13. The zero-order valence-electron chi connectivity index (χ0n) is 11.5. The fourth-order valence-corrected chi connectivity index (χ4v) is 2.23. The largest absolute Gasteiger partial charge is 0.339 e. The highest BCUT2D eigenvalue weighted by Crippen LogP contribution is 2.14. The Balaban J connectivity index is 1.98. The van der Waals surface area contributed by atoms with Crippen molar-refractivity contribution in [2.24, 2.45) is 5.73 Å². The fraction of sp³-hybridized carbons (Fsp3) is 0.833. The molecule has 1 aromatic rings. The van der Waals surface area contributed by atoms with E-state index < -0.39 is 0 Å². The van der Waals surface area contributed by atoms with Gasteiger partial charge in [0.15, 0.2) is 5.82 Å². The Morgan fingerprint density at radius 3 is 2.83 bits per heavy atom. The highest BCUT2D eigenvalue weighted by Gasteiger charge is 2.25. The third kappa shape index (κ3) is 3.07. The molecule has 1 saturated heterocycles.